The molecule has 0 aliphatic heterocycles. The van der Waals surface area contributed by atoms with Crippen molar-refractivity contribution in [2.75, 3.05) is 20.2 Å². The topological polar surface area (TPSA) is 73.1 Å². The van der Waals surface area contributed by atoms with Gasteiger partial charge in [-0.15, -0.1) is 5.10 Å². The van der Waals surface area contributed by atoms with Gasteiger partial charge in [0.05, 0.1) is 12.2 Å². The van der Waals surface area contributed by atoms with E-state index < -0.39 is 0 Å². The van der Waals surface area contributed by atoms with Crippen molar-refractivity contribution >= 4 is 5.91 Å². The van der Waals surface area contributed by atoms with Crippen LogP contribution in [0.15, 0.2) is 48.8 Å². The Morgan fingerprint density at radius 3 is 2.62 bits per heavy atom. The lowest BCUT2D eigenvalue weighted by Crippen LogP contribution is -2.31. The highest BCUT2D eigenvalue weighted by Gasteiger charge is 2.13. The van der Waals surface area contributed by atoms with Crippen molar-refractivity contribution in [3.8, 4) is 11.4 Å². The summed E-state index contributed by atoms with van der Waals surface area (Å²) in [6.07, 6.45) is 1.49. The predicted molar refractivity (Wildman–Crippen MR) is 97.5 cm³/mol. The predicted octanol–water partition coefficient (Wildman–Crippen LogP) is 2.43. The van der Waals surface area contributed by atoms with Gasteiger partial charge in [0, 0.05) is 12.6 Å². The molecule has 0 bridgehead atoms. The van der Waals surface area contributed by atoms with E-state index >= 15 is 0 Å². The standard InChI is InChI=1S/C19H21N5O2/c1-14-9-15(2)11-18(10-14)26-8-7-23(3)19(25)16-5-4-6-17(12-16)24-13-20-21-22-24/h4-6,9-13H,7-8H2,1-3H3. The molecule has 134 valence electrons. The largest absolute Gasteiger partial charge is 0.492 e. The molecule has 1 heterocycles. The van der Waals surface area contributed by atoms with Gasteiger partial charge in [0.15, 0.2) is 0 Å². The lowest BCUT2D eigenvalue weighted by molar-refractivity contribution is 0.0773. The van der Waals surface area contributed by atoms with E-state index in [0.29, 0.717) is 18.7 Å². The molecule has 7 heteroatoms. The van der Waals surface area contributed by atoms with Crippen molar-refractivity contribution in [3.05, 3.63) is 65.5 Å². The van der Waals surface area contributed by atoms with E-state index in [1.165, 1.54) is 11.0 Å². The van der Waals surface area contributed by atoms with Gasteiger partial charge in [-0.05, 0) is 65.7 Å². The van der Waals surface area contributed by atoms with Crippen LogP contribution in [0.3, 0.4) is 0 Å². The number of nitrogens with zero attached hydrogens (tertiary/aromatic N) is 5. The molecule has 0 radical (unpaired) electrons. The molecule has 3 aromatic rings. The molecule has 0 aliphatic rings. The van der Waals surface area contributed by atoms with E-state index in [1.54, 1.807) is 24.1 Å². The van der Waals surface area contributed by atoms with E-state index in [-0.39, 0.29) is 5.91 Å². The number of rotatable bonds is 6. The van der Waals surface area contributed by atoms with Gasteiger partial charge in [0.2, 0.25) is 0 Å². The van der Waals surface area contributed by atoms with Crippen molar-refractivity contribution in [2.45, 2.75) is 13.8 Å². The number of carbonyl (C=O) groups excluding carboxylic acids is 1. The molecule has 26 heavy (non-hydrogen) atoms. The summed E-state index contributed by atoms with van der Waals surface area (Å²) < 4.78 is 7.30. The van der Waals surface area contributed by atoms with E-state index in [9.17, 15) is 4.79 Å². The van der Waals surface area contributed by atoms with Crippen molar-refractivity contribution in [1.29, 1.82) is 0 Å². The lowest BCUT2D eigenvalue weighted by Gasteiger charge is -2.18. The Morgan fingerprint density at radius 2 is 1.92 bits per heavy atom. The summed E-state index contributed by atoms with van der Waals surface area (Å²) in [5.41, 5.74) is 3.63. The summed E-state index contributed by atoms with van der Waals surface area (Å²) in [6, 6.07) is 13.3. The highest BCUT2D eigenvalue weighted by atomic mass is 16.5. The first-order valence-corrected chi connectivity index (χ1v) is 8.33. The fraction of sp³-hybridized carbons (Fsp3) is 0.263. The Kier molecular flexibility index (Phi) is 5.26. The van der Waals surface area contributed by atoms with Gasteiger partial charge in [-0.3, -0.25) is 4.79 Å². The number of hydrogen-bond donors (Lipinski definition) is 0. The molecule has 3 rings (SSSR count). The maximum atomic E-state index is 12.6. The molecule has 0 N–H and O–H groups in total. The molecule has 7 nitrogen and oxygen atoms in total. The van der Waals surface area contributed by atoms with Gasteiger partial charge in [-0.1, -0.05) is 12.1 Å². The number of hydrogen-bond acceptors (Lipinski definition) is 5. The van der Waals surface area contributed by atoms with Crippen LogP contribution in [0.1, 0.15) is 21.5 Å². The molecule has 0 fully saturated rings. The van der Waals surface area contributed by atoms with E-state index in [2.05, 4.69) is 21.6 Å². The van der Waals surface area contributed by atoms with Crippen LogP contribution in [0.4, 0.5) is 0 Å². The summed E-state index contributed by atoms with van der Waals surface area (Å²) in [6.45, 7) is 4.99. The first-order valence-electron chi connectivity index (χ1n) is 8.33. The minimum Gasteiger partial charge on any atom is -0.492 e. The zero-order valence-electron chi connectivity index (χ0n) is 15.1. The van der Waals surface area contributed by atoms with Gasteiger partial charge in [0.25, 0.3) is 5.91 Å². The van der Waals surface area contributed by atoms with Crippen LogP contribution < -0.4 is 4.74 Å². The summed E-state index contributed by atoms with van der Waals surface area (Å²) in [7, 11) is 1.76. The number of aryl methyl sites for hydroxylation is 2. The average molecular weight is 351 g/mol. The van der Waals surface area contributed by atoms with Crippen LogP contribution in [0, 0.1) is 13.8 Å². The molecule has 0 saturated carbocycles. The SMILES string of the molecule is Cc1cc(C)cc(OCCN(C)C(=O)c2cccc(-n3cnnn3)c2)c1. The first-order chi connectivity index (χ1) is 12.5. The second-order valence-corrected chi connectivity index (χ2v) is 6.20. The molecule has 1 aromatic heterocycles. The number of benzene rings is 2. The lowest BCUT2D eigenvalue weighted by atomic mass is 10.1. The summed E-state index contributed by atoms with van der Waals surface area (Å²) >= 11 is 0. The van der Waals surface area contributed by atoms with Gasteiger partial charge < -0.3 is 9.64 Å². The van der Waals surface area contributed by atoms with Crippen molar-refractivity contribution < 1.29 is 9.53 Å². The number of tetrazole rings is 1. The van der Waals surface area contributed by atoms with Gasteiger partial charge in [0.1, 0.15) is 18.7 Å². The summed E-state index contributed by atoms with van der Waals surface area (Å²) in [4.78, 5) is 14.3. The van der Waals surface area contributed by atoms with E-state index in [4.69, 9.17) is 4.74 Å². The van der Waals surface area contributed by atoms with Crippen LogP contribution in [0.5, 0.6) is 5.75 Å². The number of aromatic nitrogens is 4. The fourth-order valence-corrected chi connectivity index (χ4v) is 2.70. The first kappa shape index (κ1) is 17.6. The summed E-state index contributed by atoms with van der Waals surface area (Å²) in [5, 5.41) is 11.1. The molecule has 0 saturated heterocycles. The third kappa shape index (κ3) is 4.24. The molecule has 1 amide bonds. The smallest absolute Gasteiger partial charge is 0.253 e. The average Bonchev–Trinajstić information content (AvgIpc) is 3.15. The van der Waals surface area contributed by atoms with Crippen LogP contribution in [-0.2, 0) is 0 Å². The Labute approximate surface area is 152 Å². The van der Waals surface area contributed by atoms with Gasteiger partial charge in [-0.25, -0.2) is 4.68 Å². The zero-order chi connectivity index (χ0) is 18.5. The highest BCUT2D eigenvalue weighted by molar-refractivity contribution is 5.94. The molecule has 0 atom stereocenters. The fourth-order valence-electron chi connectivity index (χ4n) is 2.70. The normalized spacial score (nSPS) is 10.6. The number of amides is 1. The third-order valence-corrected chi connectivity index (χ3v) is 3.94. The van der Waals surface area contributed by atoms with Crippen molar-refractivity contribution in [2.24, 2.45) is 0 Å². The van der Waals surface area contributed by atoms with E-state index in [1.807, 2.05) is 38.1 Å². The number of ether oxygens (including phenoxy) is 1. The molecular weight excluding hydrogens is 330 g/mol. The van der Waals surface area contributed by atoms with Gasteiger partial charge >= 0.3 is 0 Å². The Bertz CT molecular complexity index is 872. The third-order valence-electron chi connectivity index (χ3n) is 3.94. The minimum absolute atomic E-state index is 0.0797. The Balaban J connectivity index is 1.60. The molecule has 0 aliphatic carbocycles. The van der Waals surface area contributed by atoms with Gasteiger partial charge in [-0.2, -0.15) is 0 Å². The van der Waals surface area contributed by atoms with Crippen LogP contribution in [-0.4, -0.2) is 51.2 Å². The van der Waals surface area contributed by atoms with Crippen LogP contribution in [0.2, 0.25) is 0 Å². The van der Waals surface area contributed by atoms with Crippen LogP contribution >= 0.6 is 0 Å². The van der Waals surface area contributed by atoms with E-state index in [0.717, 1.165) is 22.6 Å². The van der Waals surface area contributed by atoms with Crippen molar-refractivity contribution in [3.63, 3.8) is 0 Å². The molecule has 2 aromatic carbocycles. The summed E-state index contributed by atoms with van der Waals surface area (Å²) in [5.74, 6) is 0.743. The number of likely N-dealkylation sites (N-methyl/N-ethyl adjacent to an activating group) is 1. The quantitative estimate of drug-likeness (QED) is 0.682. The number of carbonyl (C=O) groups is 1. The van der Waals surface area contributed by atoms with Crippen LogP contribution in [0.25, 0.3) is 5.69 Å². The zero-order valence-corrected chi connectivity index (χ0v) is 15.1. The second kappa shape index (κ2) is 7.77. The second-order valence-electron chi connectivity index (χ2n) is 6.20. The highest BCUT2D eigenvalue weighted by Crippen LogP contribution is 2.16. The maximum Gasteiger partial charge on any atom is 0.253 e. The van der Waals surface area contributed by atoms with Crippen molar-refractivity contribution in [1.82, 2.24) is 25.1 Å². The minimum atomic E-state index is -0.0797. The maximum absolute atomic E-state index is 12.6. The molecule has 0 unspecified atom stereocenters. The monoisotopic (exact) mass is 351 g/mol. The Morgan fingerprint density at radius 1 is 1.15 bits per heavy atom. The molecule has 0 spiro atoms. The Hall–Kier alpha value is -3.22. The molecular formula is C19H21N5O2.